The Labute approximate surface area is 262 Å². The molecule has 0 rings (SSSR count). The summed E-state index contributed by atoms with van der Waals surface area (Å²) in [6.07, 6.45) is 0.382. The van der Waals surface area contributed by atoms with Crippen molar-refractivity contribution in [2.24, 2.45) is 11.5 Å². The molecule has 0 spiro atoms. The molecule has 0 aromatic rings. The van der Waals surface area contributed by atoms with Gasteiger partial charge in [-0.1, -0.05) is 0 Å². The van der Waals surface area contributed by atoms with E-state index < -0.39 is 68.9 Å². The van der Waals surface area contributed by atoms with E-state index in [0.717, 1.165) is 5.32 Å². The van der Waals surface area contributed by atoms with Gasteiger partial charge in [0.15, 0.2) is 0 Å². The molecule has 0 saturated heterocycles. The van der Waals surface area contributed by atoms with Crippen LogP contribution in [-0.4, -0.2) is 105 Å². The molecular formula is C15H28N4Na2O11SSe2. The molecule has 9 N–H and O–H groups in total. The van der Waals surface area contributed by atoms with Crippen molar-refractivity contribution in [1.82, 2.24) is 10.6 Å². The normalized spacial score (nSPS) is 11.9. The largest absolute Gasteiger partial charge is 1.00 e. The summed E-state index contributed by atoms with van der Waals surface area (Å²) in [5, 5.41) is 30.6. The van der Waals surface area contributed by atoms with Gasteiger partial charge in [0.1, 0.15) is 18.6 Å². The maximum atomic E-state index is 11.5. The van der Waals surface area contributed by atoms with Gasteiger partial charge in [0, 0.05) is 12.2 Å². The fourth-order valence-electron chi connectivity index (χ4n) is 1.52. The van der Waals surface area contributed by atoms with E-state index in [2.05, 4.69) is 29.1 Å². The summed E-state index contributed by atoms with van der Waals surface area (Å²) in [6.45, 7) is -0.567. The molecule has 0 aromatic heterocycles. The fraction of sp³-hybridized carbons (Fsp3) is 0.667. The van der Waals surface area contributed by atoms with Crippen LogP contribution in [0.15, 0.2) is 0 Å². The number of carboxylic acids is 3. The molecule has 3 atom stereocenters. The van der Waals surface area contributed by atoms with Gasteiger partial charge in [-0.25, -0.2) is 0 Å². The van der Waals surface area contributed by atoms with Gasteiger partial charge < -0.3 is 26.6 Å². The first kappa shape index (κ1) is 45.3. The fourth-order valence-corrected chi connectivity index (χ4v) is 2.81. The summed E-state index contributed by atoms with van der Waals surface area (Å²) in [7, 11) is 0. The Morgan fingerprint density at radius 2 is 1.43 bits per heavy atom. The smallest absolute Gasteiger partial charge is 1.00 e. The molecule has 35 heavy (non-hydrogen) atoms. The molecule has 0 radical (unpaired) electrons. The summed E-state index contributed by atoms with van der Waals surface area (Å²) in [6, 6.07) is -2.80. The number of nitrogens with two attached hydrogens (primary N) is 2. The van der Waals surface area contributed by atoms with E-state index in [1.54, 1.807) is 0 Å². The molecule has 20 heteroatoms. The van der Waals surface area contributed by atoms with E-state index in [0.29, 0.717) is 21.4 Å². The molecule has 0 aliphatic carbocycles. The second-order valence-electron chi connectivity index (χ2n) is 5.83. The van der Waals surface area contributed by atoms with Crippen molar-refractivity contribution in [2.45, 2.75) is 48.5 Å². The van der Waals surface area contributed by atoms with Crippen LogP contribution >= 0.6 is 12.6 Å². The summed E-state index contributed by atoms with van der Waals surface area (Å²) in [5.41, 5.74) is 10.4. The van der Waals surface area contributed by atoms with Crippen LogP contribution in [0.3, 0.4) is 0 Å². The summed E-state index contributed by atoms with van der Waals surface area (Å²) in [4.78, 5) is 53.8. The van der Waals surface area contributed by atoms with Crippen molar-refractivity contribution in [3.05, 3.63) is 0 Å². The molecule has 0 saturated carbocycles. The minimum absolute atomic E-state index is 0. The topological polar surface area (TPSA) is 285 Å². The second kappa shape index (κ2) is 28.9. The number of thiol groups is 1. The summed E-state index contributed by atoms with van der Waals surface area (Å²) < 4.78 is 25.6. The van der Waals surface area contributed by atoms with Crippen LogP contribution in [0.5, 0.6) is 0 Å². The SMILES string of the molecule is C[Se]CC[C@H](N)C(=O)O.N[C@@H](CCC(=O)N[C@@H](CS)C(=O)NCC(=O)O)C(=O)O.O=[Se]([O-])[O-].[Na+].[Na+]. The molecule has 2 amide bonds. The van der Waals surface area contributed by atoms with Gasteiger partial charge in [-0.2, -0.15) is 12.6 Å². The van der Waals surface area contributed by atoms with Gasteiger partial charge in [-0.3, -0.25) is 19.2 Å². The van der Waals surface area contributed by atoms with E-state index >= 15 is 0 Å². The first-order valence-corrected chi connectivity index (χ1v) is 14.5. The molecule has 0 heterocycles. The van der Waals surface area contributed by atoms with Gasteiger partial charge in [0.25, 0.3) is 0 Å². The predicted molar refractivity (Wildman–Crippen MR) is 114 cm³/mol. The van der Waals surface area contributed by atoms with Gasteiger partial charge in [-0.05, 0) is 6.42 Å². The van der Waals surface area contributed by atoms with Crippen LogP contribution in [0.25, 0.3) is 0 Å². The minimum Gasteiger partial charge on any atom is 1.00 e. The van der Waals surface area contributed by atoms with Crippen molar-refractivity contribution < 1.29 is 111 Å². The first-order chi connectivity index (χ1) is 15.2. The zero-order chi connectivity index (χ0) is 26.6. The molecule has 194 valence electrons. The third kappa shape index (κ3) is 34.4. The average molecular weight is 676 g/mol. The molecule has 0 aliphatic heterocycles. The number of hydrogen-bond donors (Lipinski definition) is 8. The van der Waals surface area contributed by atoms with E-state index in [-0.39, 0.29) is 77.7 Å². The number of nitrogens with one attached hydrogen (secondary N) is 2. The van der Waals surface area contributed by atoms with Crippen molar-refractivity contribution in [2.75, 3.05) is 12.3 Å². The number of carboxylic acid groups (broad SMARTS) is 3. The Hall–Kier alpha value is 0.379. The Bertz CT molecular complexity index is 664. The van der Waals surface area contributed by atoms with E-state index in [1.165, 1.54) is 0 Å². The maximum absolute atomic E-state index is 11.5. The van der Waals surface area contributed by atoms with Crippen LogP contribution in [-0.2, 0) is 27.8 Å². The monoisotopic (exact) mass is 678 g/mol. The summed E-state index contributed by atoms with van der Waals surface area (Å²) >= 11 is 0.631. The van der Waals surface area contributed by atoms with Gasteiger partial charge >= 0.3 is 158 Å². The maximum Gasteiger partial charge on any atom is 1.00 e. The van der Waals surface area contributed by atoms with E-state index in [1.807, 2.05) is 0 Å². The zero-order valence-electron chi connectivity index (χ0n) is 19.5. The van der Waals surface area contributed by atoms with Crippen LogP contribution in [0, 0.1) is 0 Å². The van der Waals surface area contributed by atoms with Gasteiger partial charge in [0.2, 0.25) is 11.8 Å². The molecule has 0 fully saturated rings. The Balaban J connectivity index is -0.000000167. The van der Waals surface area contributed by atoms with Gasteiger partial charge in [0.05, 0.1) is 0 Å². The third-order valence-electron chi connectivity index (χ3n) is 3.20. The first-order valence-electron chi connectivity index (χ1n) is 8.81. The molecule has 0 bridgehead atoms. The van der Waals surface area contributed by atoms with E-state index in [9.17, 15) is 24.0 Å². The van der Waals surface area contributed by atoms with Crippen LogP contribution in [0.2, 0.25) is 11.1 Å². The number of aliphatic carboxylic acids is 3. The Morgan fingerprint density at radius 1 is 1.00 bits per heavy atom. The molecule has 0 aromatic carbocycles. The number of carbonyl (C=O) groups is 5. The minimum atomic E-state index is -3.79. The average Bonchev–Trinajstić information content (AvgIpc) is 2.71. The standard InChI is InChI=1S/C10H17N3O6S.C5H11NO2Se.2Na.H2O3Se/c11-5(10(18)19)1-2-7(14)13-6(4-20)9(17)12-3-8(15)16;1-9-3-2-4(6)5(7)8;;;1-4(2)3/h5-6,20H,1-4,11H2,(H,12,17)(H,13,14)(H,15,16)(H,18,19);4H,2-3,6H2,1H3,(H,7,8);;;(H2,1,2,3)/q;;2*+1;/p-2/t5-,6-;4-;;;/m00.../s1. The number of rotatable bonds is 13. The van der Waals surface area contributed by atoms with Crippen LogP contribution < -0.4 is 89.6 Å². The Morgan fingerprint density at radius 3 is 1.77 bits per heavy atom. The number of hydrogen-bond acceptors (Lipinski definition) is 11. The number of carbonyl (C=O) groups excluding carboxylic acids is 2. The number of amides is 2. The molecule has 0 aliphatic rings. The van der Waals surface area contributed by atoms with Crippen LogP contribution in [0.4, 0.5) is 0 Å². The molecule has 0 unspecified atom stereocenters. The van der Waals surface area contributed by atoms with Crippen LogP contribution in [0.1, 0.15) is 19.3 Å². The van der Waals surface area contributed by atoms with Crippen molar-refractivity contribution in [3.63, 3.8) is 0 Å². The van der Waals surface area contributed by atoms with Crippen molar-refractivity contribution in [3.8, 4) is 0 Å². The van der Waals surface area contributed by atoms with Crippen molar-refractivity contribution in [1.29, 1.82) is 0 Å². The second-order valence-corrected chi connectivity index (χ2v) is 9.12. The third-order valence-corrected chi connectivity index (χ3v) is 4.91. The van der Waals surface area contributed by atoms with E-state index in [4.69, 9.17) is 39.0 Å². The predicted octanol–water partition coefficient (Wildman–Crippen LogP) is -11.1. The quantitative estimate of drug-likeness (QED) is 0.0665. The van der Waals surface area contributed by atoms with Crippen molar-refractivity contribution >= 4 is 71.8 Å². The summed E-state index contributed by atoms with van der Waals surface area (Å²) in [5.74, 6) is -2.52. The molecule has 15 nitrogen and oxygen atoms in total. The van der Waals surface area contributed by atoms with Gasteiger partial charge in [-0.15, -0.1) is 0 Å². The zero-order valence-corrected chi connectivity index (χ0v) is 27.8. The molecular weight excluding hydrogens is 648 g/mol. The Kier molecular flexibility index (Phi) is 37.5.